The first-order chi connectivity index (χ1) is 9.65. The number of aryl methyl sites for hydroxylation is 1. The third-order valence-electron chi connectivity index (χ3n) is 3.28. The van der Waals surface area contributed by atoms with E-state index in [1.54, 1.807) is 6.92 Å². The summed E-state index contributed by atoms with van der Waals surface area (Å²) in [4.78, 5) is 15.8. The summed E-state index contributed by atoms with van der Waals surface area (Å²) in [6.45, 7) is 5.17. The Kier molecular flexibility index (Phi) is 7.87. The largest absolute Gasteiger partial charge is 0.356 e. The minimum Gasteiger partial charge on any atom is -0.356 e. The third kappa shape index (κ3) is 6.65. The molecule has 0 fully saturated rings. The molecule has 1 rings (SSSR count). The fourth-order valence-corrected chi connectivity index (χ4v) is 2.25. The average molecular weight is 282 g/mol. The van der Waals surface area contributed by atoms with Gasteiger partial charge in [0.1, 0.15) is 0 Å². The normalized spacial score (nSPS) is 12.3. The highest BCUT2D eigenvalue weighted by Crippen LogP contribution is 2.16. The molecule has 1 atom stereocenters. The van der Waals surface area contributed by atoms with Crippen LogP contribution in [0.4, 0.5) is 0 Å². The number of nitrogens with one attached hydrogen (secondary N) is 1. The molecule has 1 heterocycles. The molecule has 0 aliphatic carbocycles. The summed E-state index contributed by atoms with van der Waals surface area (Å²) in [5.74, 6) is 1.83. The van der Waals surface area contributed by atoms with Crippen LogP contribution < -0.4 is 11.1 Å². The van der Waals surface area contributed by atoms with E-state index in [0.29, 0.717) is 43.6 Å². The summed E-state index contributed by atoms with van der Waals surface area (Å²) in [6.07, 6.45) is 5.34. The molecule has 1 unspecified atom stereocenters. The minimum atomic E-state index is 0.0827. The highest BCUT2D eigenvalue weighted by atomic mass is 16.5. The van der Waals surface area contributed by atoms with Crippen molar-refractivity contribution >= 4 is 5.91 Å². The van der Waals surface area contributed by atoms with Crippen LogP contribution >= 0.6 is 0 Å². The van der Waals surface area contributed by atoms with E-state index in [1.165, 1.54) is 0 Å². The molecule has 20 heavy (non-hydrogen) atoms. The van der Waals surface area contributed by atoms with Crippen LogP contribution in [0.5, 0.6) is 0 Å². The molecule has 0 aromatic carbocycles. The number of rotatable bonds is 10. The maximum Gasteiger partial charge on any atom is 0.228 e. The maximum absolute atomic E-state index is 11.7. The Hall–Kier alpha value is -1.43. The second kappa shape index (κ2) is 9.47. The summed E-state index contributed by atoms with van der Waals surface area (Å²) >= 11 is 0. The Balaban J connectivity index is 2.16. The van der Waals surface area contributed by atoms with Crippen LogP contribution in [-0.4, -0.2) is 29.1 Å². The second-order valence-corrected chi connectivity index (χ2v) is 5.11. The lowest BCUT2D eigenvalue weighted by Crippen LogP contribution is -2.26. The van der Waals surface area contributed by atoms with Crippen molar-refractivity contribution in [2.75, 3.05) is 13.1 Å². The Labute approximate surface area is 120 Å². The van der Waals surface area contributed by atoms with E-state index in [2.05, 4.69) is 22.4 Å². The van der Waals surface area contributed by atoms with Crippen molar-refractivity contribution in [2.45, 2.75) is 52.4 Å². The van der Waals surface area contributed by atoms with E-state index in [9.17, 15) is 4.79 Å². The van der Waals surface area contributed by atoms with E-state index in [4.69, 9.17) is 10.3 Å². The number of hydrogen-bond acceptors (Lipinski definition) is 5. The molecule has 6 heteroatoms. The van der Waals surface area contributed by atoms with Gasteiger partial charge in [0.15, 0.2) is 5.82 Å². The molecule has 0 radical (unpaired) electrons. The van der Waals surface area contributed by atoms with Gasteiger partial charge >= 0.3 is 0 Å². The number of amides is 1. The fourth-order valence-electron chi connectivity index (χ4n) is 2.25. The molecule has 0 saturated heterocycles. The zero-order valence-corrected chi connectivity index (χ0v) is 12.5. The quantitative estimate of drug-likeness (QED) is 0.679. The summed E-state index contributed by atoms with van der Waals surface area (Å²) in [6, 6.07) is 0. The molecule has 3 N–H and O–H groups in total. The van der Waals surface area contributed by atoms with Gasteiger partial charge in [-0.3, -0.25) is 4.79 Å². The monoisotopic (exact) mass is 282 g/mol. The second-order valence-electron chi connectivity index (χ2n) is 5.11. The number of hydrogen-bond donors (Lipinski definition) is 2. The Morgan fingerprint density at radius 3 is 2.80 bits per heavy atom. The van der Waals surface area contributed by atoms with Crippen LogP contribution in [-0.2, 0) is 11.2 Å². The minimum absolute atomic E-state index is 0.0827. The summed E-state index contributed by atoms with van der Waals surface area (Å²) in [5, 5.41) is 6.59. The summed E-state index contributed by atoms with van der Waals surface area (Å²) < 4.78 is 4.98. The first-order valence-corrected chi connectivity index (χ1v) is 7.41. The van der Waals surface area contributed by atoms with Gasteiger partial charge < -0.3 is 15.6 Å². The predicted molar refractivity (Wildman–Crippen MR) is 77.1 cm³/mol. The maximum atomic E-state index is 11.7. The molecular formula is C14H26N4O2. The van der Waals surface area contributed by atoms with Crippen LogP contribution in [0.15, 0.2) is 4.52 Å². The zero-order valence-electron chi connectivity index (χ0n) is 12.5. The van der Waals surface area contributed by atoms with Gasteiger partial charge in [0, 0.05) is 19.4 Å². The van der Waals surface area contributed by atoms with Crippen LogP contribution in [0.3, 0.4) is 0 Å². The molecule has 0 aliphatic rings. The van der Waals surface area contributed by atoms with Crippen molar-refractivity contribution < 1.29 is 9.32 Å². The van der Waals surface area contributed by atoms with Crippen molar-refractivity contribution in [3.8, 4) is 0 Å². The van der Waals surface area contributed by atoms with Gasteiger partial charge in [-0.2, -0.15) is 4.98 Å². The number of aromatic nitrogens is 2. The van der Waals surface area contributed by atoms with E-state index in [-0.39, 0.29) is 5.91 Å². The van der Waals surface area contributed by atoms with Gasteiger partial charge in [-0.15, -0.1) is 0 Å². The Morgan fingerprint density at radius 1 is 1.40 bits per heavy atom. The summed E-state index contributed by atoms with van der Waals surface area (Å²) in [5.41, 5.74) is 5.59. The lowest BCUT2D eigenvalue weighted by Gasteiger charge is -2.14. The van der Waals surface area contributed by atoms with E-state index in [0.717, 1.165) is 25.7 Å². The van der Waals surface area contributed by atoms with Gasteiger partial charge in [0.05, 0.1) is 0 Å². The first kappa shape index (κ1) is 16.6. The summed E-state index contributed by atoms with van der Waals surface area (Å²) in [7, 11) is 0. The fraction of sp³-hybridized carbons (Fsp3) is 0.786. The lowest BCUT2D eigenvalue weighted by molar-refractivity contribution is -0.121. The molecule has 6 nitrogen and oxygen atoms in total. The van der Waals surface area contributed by atoms with Gasteiger partial charge in [0.25, 0.3) is 0 Å². The van der Waals surface area contributed by atoms with E-state index >= 15 is 0 Å². The molecule has 0 bridgehead atoms. The molecule has 0 aliphatic heterocycles. The third-order valence-corrected chi connectivity index (χ3v) is 3.28. The predicted octanol–water partition coefficient (Wildman–Crippen LogP) is 1.58. The van der Waals surface area contributed by atoms with E-state index in [1.807, 2.05) is 0 Å². The smallest absolute Gasteiger partial charge is 0.228 e. The van der Waals surface area contributed by atoms with Crippen molar-refractivity contribution in [3.05, 3.63) is 11.7 Å². The molecule has 1 amide bonds. The molecule has 0 saturated carbocycles. The van der Waals surface area contributed by atoms with Crippen molar-refractivity contribution in [1.82, 2.24) is 15.5 Å². The first-order valence-electron chi connectivity index (χ1n) is 7.41. The molecule has 114 valence electrons. The zero-order chi connectivity index (χ0) is 14.8. The topological polar surface area (TPSA) is 94.0 Å². The van der Waals surface area contributed by atoms with Crippen molar-refractivity contribution in [1.29, 1.82) is 0 Å². The Morgan fingerprint density at radius 2 is 2.20 bits per heavy atom. The lowest BCUT2D eigenvalue weighted by atomic mass is 9.94. The van der Waals surface area contributed by atoms with Crippen LogP contribution in [0, 0.1) is 12.8 Å². The highest BCUT2D eigenvalue weighted by Gasteiger charge is 2.10. The number of nitrogens with zero attached hydrogens (tertiary/aromatic N) is 2. The van der Waals surface area contributed by atoms with E-state index < -0.39 is 0 Å². The molecule has 1 aromatic heterocycles. The van der Waals surface area contributed by atoms with Gasteiger partial charge in [0.2, 0.25) is 11.8 Å². The Bertz CT molecular complexity index is 386. The number of carbonyl (C=O) groups excluding carboxylic acids is 1. The standard InChI is InChI=1S/C14H26N4O2/c1-3-4-12(7-9-15)5-6-13(19)16-10-8-14-17-11(2)18-20-14/h12H,3-10,15H2,1-2H3,(H,16,19). The average Bonchev–Trinajstić information content (AvgIpc) is 2.82. The van der Waals surface area contributed by atoms with Crippen LogP contribution in [0.25, 0.3) is 0 Å². The molecule has 1 aromatic rings. The van der Waals surface area contributed by atoms with Gasteiger partial charge in [-0.05, 0) is 32.2 Å². The highest BCUT2D eigenvalue weighted by molar-refractivity contribution is 5.75. The van der Waals surface area contributed by atoms with Crippen molar-refractivity contribution in [2.24, 2.45) is 11.7 Å². The number of nitrogens with two attached hydrogens (primary N) is 1. The van der Waals surface area contributed by atoms with Crippen LogP contribution in [0.2, 0.25) is 0 Å². The number of carbonyl (C=O) groups is 1. The van der Waals surface area contributed by atoms with Gasteiger partial charge in [-0.1, -0.05) is 24.9 Å². The van der Waals surface area contributed by atoms with Crippen molar-refractivity contribution in [3.63, 3.8) is 0 Å². The SMILES string of the molecule is CCCC(CCN)CCC(=O)NCCc1nc(C)no1. The van der Waals surface area contributed by atoms with Crippen LogP contribution in [0.1, 0.15) is 50.7 Å². The molecule has 0 spiro atoms. The van der Waals surface area contributed by atoms with Gasteiger partial charge in [-0.25, -0.2) is 0 Å². The molecular weight excluding hydrogens is 256 g/mol.